The van der Waals surface area contributed by atoms with E-state index < -0.39 is 6.10 Å². The van der Waals surface area contributed by atoms with Crippen LogP contribution in [-0.2, 0) is 25.6 Å². The molecule has 5 heteroatoms. The SMILES string of the molecule is COC(C[C@H]1O[C@H]1[C@H](O)COCc1ccccc1)OC. The first-order valence-corrected chi connectivity index (χ1v) is 6.75. The van der Waals surface area contributed by atoms with Crippen LogP contribution < -0.4 is 0 Å². The molecule has 0 amide bonds. The molecule has 0 spiro atoms. The van der Waals surface area contributed by atoms with E-state index in [-0.39, 0.29) is 25.1 Å². The quantitative estimate of drug-likeness (QED) is 0.547. The Morgan fingerprint density at radius 1 is 1.20 bits per heavy atom. The molecule has 0 aliphatic carbocycles. The molecule has 1 aliphatic heterocycles. The lowest BCUT2D eigenvalue weighted by atomic mass is 10.1. The van der Waals surface area contributed by atoms with Gasteiger partial charge < -0.3 is 24.1 Å². The summed E-state index contributed by atoms with van der Waals surface area (Å²) in [5.41, 5.74) is 1.09. The first kappa shape index (κ1) is 15.4. The Balaban J connectivity index is 1.63. The van der Waals surface area contributed by atoms with Crippen molar-refractivity contribution < 1.29 is 24.1 Å². The van der Waals surface area contributed by atoms with Crippen molar-refractivity contribution in [1.82, 2.24) is 0 Å². The molecule has 1 aromatic rings. The van der Waals surface area contributed by atoms with E-state index in [9.17, 15) is 5.11 Å². The topological polar surface area (TPSA) is 60.5 Å². The van der Waals surface area contributed by atoms with E-state index in [0.29, 0.717) is 13.0 Å². The average Bonchev–Trinajstić information content (AvgIpc) is 3.25. The number of epoxide rings is 1. The fraction of sp³-hybridized carbons (Fsp3) is 0.600. The predicted molar refractivity (Wildman–Crippen MR) is 73.2 cm³/mol. The number of ether oxygens (including phenoxy) is 4. The molecule has 0 unspecified atom stereocenters. The molecular formula is C15H22O5. The van der Waals surface area contributed by atoms with Crippen LogP contribution in [0.15, 0.2) is 30.3 Å². The van der Waals surface area contributed by atoms with Crippen LogP contribution in [-0.4, -0.2) is 50.5 Å². The Hall–Kier alpha value is -0.980. The fourth-order valence-electron chi connectivity index (χ4n) is 2.13. The zero-order valence-corrected chi connectivity index (χ0v) is 11.9. The van der Waals surface area contributed by atoms with E-state index in [2.05, 4.69) is 0 Å². The third-order valence-corrected chi connectivity index (χ3v) is 3.35. The number of benzene rings is 1. The zero-order chi connectivity index (χ0) is 14.4. The van der Waals surface area contributed by atoms with Gasteiger partial charge in [0.1, 0.15) is 12.2 Å². The number of methoxy groups -OCH3 is 2. The highest BCUT2D eigenvalue weighted by atomic mass is 16.7. The van der Waals surface area contributed by atoms with Crippen molar-refractivity contribution in [1.29, 1.82) is 0 Å². The second kappa shape index (κ2) is 7.71. The Kier molecular flexibility index (Phi) is 5.94. The van der Waals surface area contributed by atoms with Gasteiger partial charge in [-0.25, -0.2) is 0 Å². The molecule has 1 fully saturated rings. The van der Waals surface area contributed by atoms with Crippen LogP contribution in [0, 0.1) is 0 Å². The van der Waals surface area contributed by atoms with Gasteiger partial charge in [-0.1, -0.05) is 30.3 Å². The van der Waals surface area contributed by atoms with Crippen molar-refractivity contribution >= 4 is 0 Å². The average molecular weight is 282 g/mol. The van der Waals surface area contributed by atoms with Crippen molar-refractivity contribution in [3.8, 4) is 0 Å². The summed E-state index contributed by atoms with van der Waals surface area (Å²) >= 11 is 0. The van der Waals surface area contributed by atoms with Gasteiger partial charge in [0.2, 0.25) is 0 Å². The predicted octanol–water partition coefficient (Wildman–Crippen LogP) is 1.34. The molecule has 0 radical (unpaired) electrons. The second-order valence-corrected chi connectivity index (χ2v) is 4.84. The lowest BCUT2D eigenvalue weighted by molar-refractivity contribution is -0.109. The van der Waals surface area contributed by atoms with Gasteiger partial charge >= 0.3 is 0 Å². The summed E-state index contributed by atoms with van der Waals surface area (Å²) in [6.45, 7) is 0.759. The molecule has 3 atom stereocenters. The number of aliphatic hydroxyl groups excluding tert-OH is 1. The van der Waals surface area contributed by atoms with Gasteiger partial charge in [-0.15, -0.1) is 0 Å². The minimum atomic E-state index is -0.613. The maximum atomic E-state index is 9.96. The monoisotopic (exact) mass is 282 g/mol. The molecule has 1 N–H and O–H groups in total. The third kappa shape index (κ3) is 4.54. The van der Waals surface area contributed by atoms with Crippen LogP contribution in [0.1, 0.15) is 12.0 Å². The van der Waals surface area contributed by atoms with Crippen LogP contribution in [0.5, 0.6) is 0 Å². The number of hydrogen-bond acceptors (Lipinski definition) is 5. The lowest BCUT2D eigenvalue weighted by Crippen LogP contribution is -2.25. The molecule has 1 aliphatic rings. The summed E-state index contributed by atoms with van der Waals surface area (Å²) in [4.78, 5) is 0. The van der Waals surface area contributed by atoms with E-state index in [0.717, 1.165) is 5.56 Å². The van der Waals surface area contributed by atoms with E-state index in [1.54, 1.807) is 14.2 Å². The van der Waals surface area contributed by atoms with Crippen molar-refractivity contribution in [3.05, 3.63) is 35.9 Å². The molecule has 0 aromatic heterocycles. The van der Waals surface area contributed by atoms with Crippen molar-refractivity contribution in [3.63, 3.8) is 0 Å². The summed E-state index contributed by atoms with van der Waals surface area (Å²) in [5, 5.41) is 9.96. The standard InChI is InChI=1S/C15H22O5/c1-17-14(18-2)8-13-15(20-13)12(16)10-19-9-11-6-4-3-5-7-11/h3-7,12-16H,8-10H2,1-2H3/t12-,13-,15+/m1/s1. The van der Waals surface area contributed by atoms with Gasteiger partial charge in [0.25, 0.3) is 0 Å². The Morgan fingerprint density at radius 2 is 1.90 bits per heavy atom. The van der Waals surface area contributed by atoms with Crippen LogP contribution in [0.25, 0.3) is 0 Å². The van der Waals surface area contributed by atoms with E-state index in [4.69, 9.17) is 18.9 Å². The highest BCUT2D eigenvalue weighted by molar-refractivity contribution is 5.13. The highest BCUT2D eigenvalue weighted by Gasteiger charge is 2.45. The van der Waals surface area contributed by atoms with E-state index >= 15 is 0 Å². The molecule has 1 heterocycles. The van der Waals surface area contributed by atoms with Crippen molar-refractivity contribution in [2.24, 2.45) is 0 Å². The Morgan fingerprint density at radius 3 is 2.55 bits per heavy atom. The van der Waals surface area contributed by atoms with Gasteiger partial charge in [-0.2, -0.15) is 0 Å². The first-order valence-electron chi connectivity index (χ1n) is 6.75. The van der Waals surface area contributed by atoms with Crippen LogP contribution in [0.2, 0.25) is 0 Å². The van der Waals surface area contributed by atoms with Gasteiger partial charge in [0.05, 0.1) is 19.3 Å². The van der Waals surface area contributed by atoms with Crippen molar-refractivity contribution in [2.75, 3.05) is 20.8 Å². The maximum Gasteiger partial charge on any atom is 0.159 e. The summed E-state index contributed by atoms with van der Waals surface area (Å²) in [5.74, 6) is 0. The highest BCUT2D eigenvalue weighted by Crippen LogP contribution is 2.30. The normalized spacial score (nSPS) is 23.0. The van der Waals surface area contributed by atoms with Crippen LogP contribution in [0.4, 0.5) is 0 Å². The summed E-state index contributed by atoms with van der Waals surface area (Å²) in [6, 6.07) is 9.87. The van der Waals surface area contributed by atoms with E-state index in [1.165, 1.54) is 0 Å². The van der Waals surface area contributed by atoms with Gasteiger partial charge in [0.15, 0.2) is 6.29 Å². The molecule has 5 nitrogen and oxygen atoms in total. The number of hydrogen-bond donors (Lipinski definition) is 1. The smallest absolute Gasteiger partial charge is 0.159 e. The van der Waals surface area contributed by atoms with E-state index in [1.807, 2.05) is 30.3 Å². The van der Waals surface area contributed by atoms with Gasteiger partial charge in [0, 0.05) is 20.6 Å². The lowest BCUT2D eigenvalue weighted by Gasteiger charge is -2.12. The summed E-state index contributed by atoms with van der Waals surface area (Å²) in [6.07, 6.45) is -0.484. The van der Waals surface area contributed by atoms with Crippen LogP contribution >= 0.6 is 0 Å². The number of aliphatic hydroxyl groups is 1. The molecule has 20 heavy (non-hydrogen) atoms. The Labute approximate surface area is 119 Å². The molecule has 112 valence electrons. The summed E-state index contributed by atoms with van der Waals surface area (Å²) < 4.78 is 21.1. The Bertz CT molecular complexity index is 379. The first-order chi connectivity index (χ1) is 9.74. The largest absolute Gasteiger partial charge is 0.388 e. The molecule has 1 aromatic carbocycles. The van der Waals surface area contributed by atoms with Gasteiger partial charge in [-0.05, 0) is 5.56 Å². The molecule has 1 saturated heterocycles. The minimum Gasteiger partial charge on any atom is -0.388 e. The second-order valence-electron chi connectivity index (χ2n) is 4.84. The molecular weight excluding hydrogens is 260 g/mol. The molecule has 0 bridgehead atoms. The molecule has 0 saturated carbocycles. The molecule has 2 rings (SSSR count). The maximum absolute atomic E-state index is 9.96. The third-order valence-electron chi connectivity index (χ3n) is 3.35. The van der Waals surface area contributed by atoms with Gasteiger partial charge in [-0.3, -0.25) is 0 Å². The van der Waals surface area contributed by atoms with Crippen molar-refractivity contribution in [2.45, 2.75) is 37.6 Å². The zero-order valence-electron chi connectivity index (χ0n) is 11.9. The fourth-order valence-corrected chi connectivity index (χ4v) is 2.13. The number of rotatable bonds is 9. The van der Waals surface area contributed by atoms with Crippen LogP contribution in [0.3, 0.4) is 0 Å². The minimum absolute atomic E-state index is 0.0183. The summed E-state index contributed by atoms with van der Waals surface area (Å²) in [7, 11) is 3.18.